The molecule has 0 spiro atoms. The second-order valence-corrected chi connectivity index (χ2v) is 6.74. The van der Waals surface area contributed by atoms with E-state index in [0.717, 1.165) is 27.0 Å². The standard InChI is InChI=1S/C15H18BrNOS/c1-9(2)11-7-13(17)10(3)6-14(11)18-8-15-12(16)4-5-19-15/h4-7,9H,8,17H2,1-3H3. The van der Waals surface area contributed by atoms with E-state index in [2.05, 4.69) is 35.2 Å². The van der Waals surface area contributed by atoms with E-state index in [1.807, 2.05) is 25.1 Å². The van der Waals surface area contributed by atoms with Crippen LogP contribution in [-0.4, -0.2) is 0 Å². The van der Waals surface area contributed by atoms with Gasteiger partial charge in [0.05, 0.1) is 4.88 Å². The van der Waals surface area contributed by atoms with E-state index >= 15 is 0 Å². The molecule has 0 aliphatic heterocycles. The first kappa shape index (κ1) is 14.4. The highest BCUT2D eigenvalue weighted by atomic mass is 79.9. The monoisotopic (exact) mass is 339 g/mol. The molecule has 2 nitrogen and oxygen atoms in total. The Morgan fingerprint density at radius 2 is 2.11 bits per heavy atom. The number of aryl methyl sites for hydroxylation is 1. The Morgan fingerprint density at radius 3 is 2.68 bits per heavy atom. The summed E-state index contributed by atoms with van der Waals surface area (Å²) in [4.78, 5) is 1.20. The zero-order valence-electron chi connectivity index (χ0n) is 11.4. The molecule has 1 aromatic carbocycles. The number of halogens is 1. The van der Waals surface area contributed by atoms with Crippen LogP contribution in [0, 0.1) is 6.92 Å². The lowest BCUT2D eigenvalue weighted by Crippen LogP contribution is -2.02. The Kier molecular flexibility index (Phi) is 4.53. The predicted molar refractivity (Wildman–Crippen MR) is 86.0 cm³/mol. The van der Waals surface area contributed by atoms with Crippen molar-refractivity contribution in [1.29, 1.82) is 0 Å². The van der Waals surface area contributed by atoms with Gasteiger partial charge in [-0.2, -0.15) is 0 Å². The van der Waals surface area contributed by atoms with Crippen LogP contribution in [0.1, 0.15) is 35.8 Å². The number of nitrogen functional groups attached to an aromatic ring is 1. The van der Waals surface area contributed by atoms with Gasteiger partial charge in [-0.15, -0.1) is 11.3 Å². The van der Waals surface area contributed by atoms with Crippen LogP contribution in [0.5, 0.6) is 5.75 Å². The molecule has 2 N–H and O–H groups in total. The first-order valence-corrected chi connectivity index (χ1v) is 7.91. The van der Waals surface area contributed by atoms with E-state index in [1.54, 1.807) is 11.3 Å². The van der Waals surface area contributed by atoms with Gasteiger partial charge in [-0.1, -0.05) is 13.8 Å². The van der Waals surface area contributed by atoms with Gasteiger partial charge in [-0.25, -0.2) is 0 Å². The summed E-state index contributed by atoms with van der Waals surface area (Å²) in [6, 6.07) is 6.10. The minimum atomic E-state index is 0.393. The molecule has 2 rings (SSSR count). The van der Waals surface area contributed by atoms with Gasteiger partial charge in [-0.3, -0.25) is 0 Å². The number of thiophene rings is 1. The molecule has 4 heteroatoms. The minimum absolute atomic E-state index is 0.393. The Morgan fingerprint density at radius 1 is 1.37 bits per heavy atom. The number of hydrogen-bond donors (Lipinski definition) is 1. The maximum atomic E-state index is 5.98. The molecule has 0 atom stereocenters. The molecule has 0 aliphatic rings. The molecule has 0 bridgehead atoms. The second-order valence-electron chi connectivity index (χ2n) is 4.88. The molecule has 0 unspecified atom stereocenters. The van der Waals surface area contributed by atoms with E-state index in [4.69, 9.17) is 10.5 Å². The van der Waals surface area contributed by atoms with Crippen molar-refractivity contribution < 1.29 is 4.74 Å². The van der Waals surface area contributed by atoms with Crippen molar-refractivity contribution in [2.24, 2.45) is 0 Å². The average molecular weight is 340 g/mol. The summed E-state index contributed by atoms with van der Waals surface area (Å²) in [6.45, 7) is 6.89. The number of benzene rings is 1. The molecule has 0 amide bonds. The summed E-state index contributed by atoms with van der Waals surface area (Å²) in [5.41, 5.74) is 9.03. The largest absolute Gasteiger partial charge is 0.488 e. The fraction of sp³-hybridized carbons (Fsp3) is 0.333. The first-order valence-electron chi connectivity index (χ1n) is 6.23. The van der Waals surface area contributed by atoms with Crippen molar-refractivity contribution in [3.05, 3.63) is 44.1 Å². The summed E-state index contributed by atoms with van der Waals surface area (Å²) in [7, 11) is 0. The van der Waals surface area contributed by atoms with Crippen LogP contribution in [0.4, 0.5) is 5.69 Å². The highest BCUT2D eigenvalue weighted by Gasteiger charge is 2.11. The van der Waals surface area contributed by atoms with E-state index in [0.29, 0.717) is 12.5 Å². The normalized spacial score (nSPS) is 11.0. The molecule has 1 aromatic heterocycles. The highest BCUT2D eigenvalue weighted by Crippen LogP contribution is 2.32. The number of nitrogens with two attached hydrogens (primary N) is 1. The lowest BCUT2D eigenvalue weighted by molar-refractivity contribution is 0.304. The maximum absolute atomic E-state index is 5.98. The van der Waals surface area contributed by atoms with Gasteiger partial charge in [0.2, 0.25) is 0 Å². The van der Waals surface area contributed by atoms with E-state index in [1.165, 1.54) is 4.88 Å². The molecule has 2 aromatic rings. The topological polar surface area (TPSA) is 35.2 Å². The highest BCUT2D eigenvalue weighted by molar-refractivity contribution is 9.10. The Hall–Kier alpha value is -1.00. The SMILES string of the molecule is Cc1cc(OCc2sccc2Br)c(C(C)C)cc1N. The number of ether oxygens (including phenoxy) is 1. The van der Waals surface area contributed by atoms with Gasteiger partial charge in [-0.05, 0) is 63.5 Å². The lowest BCUT2D eigenvalue weighted by atomic mass is 9.99. The van der Waals surface area contributed by atoms with Crippen LogP contribution in [-0.2, 0) is 6.61 Å². The molecule has 0 radical (unpaired) electrons. The van der Waals surface area contributed by atoms with Gasteiger partial charge in [0.25, 0.3) is 0 Å². The van der Waals surface area contributed by atoms with Crippen molar-refractivity contribution in [1.82, 2.24) is 0 Å². The smallest absolute Gasteiger partial charge is 0.124 e. The summed E-state index contributed by atoms with van der Waals surface area (Å²) in [5.74, 6) is 1.33. The zero-order chi connectivity index (χ0) is 14.0. The maximum Gasteiger partial charge on any atom is 0.124 e. The zero-order valence-corrected chi connectivity index (χ0v) is 13.8. The fourth-order valence-corrected chi connectivity index (χ4v) is 3.24. The van der Waals surface area contributed by atoms with Crippen molar-refractivity contribution in [3.8, 4) is 5.75 Å². The Bertz CT molecular complexity index is 578. The van der Waals surface area contributed by atoms with E-state index < -0.39 is 0 Å². The van der Waals surface area contributed by atoms with Crippen LogP contribution in [0.2, 0.25) is 0 Å². The Labute approximate surface area is 126 Å². The van der Waals surface area contributed by atoms with Crippen molar-refractivity contribution in [2.75, 3.05) is 5.73 Å². The third-order valence-electron chi connectivity index (χ3n) is 3.07. The summed E-state index contributed by atoms with van der Waals surface area (Å²) >= 11 is 5.22. The molecule has 102 valence electrons. The predicted octanol–water partition coefficient (Wildman–Crippen LogP) is 5.10. The third-order valence-corrected chi connectivity index (χ3v) is 4.97. The molecule has 0 fully saturated rings. The molecular weight excluding hydrogens is 322 g/mol. The fourth-order valence-electron chi connectivity index (χ4n) is 1.86. The molecule has 1 heterocycles. The van der Waals surface area contributed by atoms with Crippen LogP contribution in [0.15, 0.2) is 28.1 Å². The van der Waals surface area contributed by atoms with Crippen molar-refractivity contribution in [3.63, 3.8) is 0 Å². The van der Waals surface area contributed by atoms with Gasteiger partial charge >= 0.3 is 0 Å². The van der Waals surface area contributed by atoms with Crippen LogP contribution in [0.3, 0.4) is 0 Å². The number of anilines is 1. The second kappa shape index (κ2) is 5.97. The lowest BCUT2D eigenvalue weighted by Gasteiger charge is -2.16. The molecule has 0 saturated carbocycles. The Balaban J connectivity index is 2.24. The summed E-state index contributed by atoms with van der Waals surface area (Å²) in [5, 5.41) is 2.06. The molecular formula is C15H18BrNOS. The van der Waals surface area contributed by atoms with Gasteiger partial charge in [0, 0.05) is 10.2 Å². The van der Waals surface area contributed by atoms with Crippen LogP contribution >= 0.6 is 27.3 Å². The van der Waals surface area contributed by atoms with Gasteiger partial charge in [0.1, 0.15) is 12.4 Å². The number of hydrogen-bond acceptors (Lipinski definition) is 3. The summed E-state index contributed by atoms with van der Waals surface area (Å²) < 4.78 is 7.09. The summed E-state index contributed by atoms with van der Waals surface area (Å²) in [6.07, 6.45) is 0. The van der Waals surface area contributed by atoms with Crippen molar-refractivity contribution >= 4 is 33.0 Å². The third kappa shape index (κ3) is 3.31. The van der Waals surface area contributed by atoms with Gasteiger partial charge < -0.3 is 10.5 Å². The molecule has 19 heavy (non-hydrogen) atoms. The van der Waals surface area contributed by atoms with Crippen LogP contribution in [0.25, 0.3) is 0 Å². The van der Waals surface area contributed by atoms with E-state index in [-0.39, 0.29) is 0 Å². The van der Waals surface area contributed by atoms with Crippen LogP contribution < -0.4 is 10.5 Å². The quantitative estimate of drug-likeness (QED) is 0.786. The molecule has 0 aliphatic carbocycles. The van der Waals surface area contributed by atoms with Crippen molar-refractivity contribution in [2.45, 2.75) is 33.3 Å². The average Bonchev–Trinajstić information content (AvgIpc) is 2.75. The minimum Gasteiger partial charge on any atom is -0.488 e. The van der Waals surface area contributed by atoms with E-state index in [9.17, 15) is 0 Å². The number of rotatable bonds is 4. The molecule has 0 saturated heterocycles. The first-order chi connectivity index (χ1) is 8.99. The van der Waals surface area contributed by atoms with Gasteiger partial charge in [0.15, 0.2) is 0 Å².